The fraction of sp³-hybridized carbons (Fsp3) is 0.472. The molecule has 12 heteroatoms. The monoisotopic (exact) mass is 701 g/mol. The molecule has 1 amide bonds. The smallest absolute Gasteiger partial charge is 0.261 e. The molecule has 0 aliphatic carbocycles. The SMILES string of the molecule is COc1ccc(CN(C)C[C@H]2OCCCC[C@H](C)Oc3ccc(NS(=O)(=O)c4ccc(Cl)cc4)cc3C(=O)N([C@H](C)CO)C[C@H]2C)cc1. The minimum Gasteiger partial charge on any atom is -0.497 e. The van der Waals surface area contributed by atoms with Crippen molar-refractivity contribution in [1.82, 2.24) is 9.80 Å². The number of aliphatic hydroxyl groups excluding tert-OH is 1. The van der Waals surface area contributed by atoms with Gasteiger partial charge in [-0.05, 0) is 100 Å². The van der Waals surface area contributed by atoms with E-state index in [1.807, 2.05) is 38.2 Å². The highest BCUT2D eigenvalue weighted by Gasteiger charge is 2.30. The second-order valence-electron chi connectivity index (χ2n) is 12.6. The van der Waals surface area contributed by atoms with Crippen molar-refractivity contribution in [3.8, 4) is 11.5 Å². The summed E-state index contributed by atoms with van der Waals surface area (Å²) in [5, 5.41) is 10.7. The lowest BCUT2D eigenvalue weighted by molar-refractivity contribution is -0.0177. The second kappa shape index (κ2) is 17.3. The van der Waals surface area contributed by atoms with Crippen LogP contribution >= 0.6 is 11.6 Å². The van der Waals surface area contributed by atoms with E-state index in [-0.39, 0.29) is 46.8 Å². The van der Waals surface area contributed by atoms with Crippen LogP contribution in [0.1, 0.15) is 56.0 Å². The predicted octanol–water partition coefficient (Wildman–Crippen LogP) is 6.08. The number of nitrogens with one attached hydrogen (secondary N) is 1. The van der Waals surface area contributed by atoms with Gasteiger partial charge in [-0.15, -0.1) is 0 Å². The van der Waals surface area contributed by atoms with E-state index in [9.17, 15) is 18.3 Å². The molecule has 0 bridgehead atoms. The van der Waals surface area contributed by atoms with Crippen molar-refractivity contribution < 1.29 is 32.5 Å². The van der Waals surface area contributed by atoms with E-state index in [0.717, 1.165) is 30.6 Å². The molecule has 0 spiro atoms. The highest BCUT2D eigenvalue weighted by molar-refractivity contribution is 7.92. The number of ether oxygens (including phenoxy) is 3. The number of sulfonamides is 1. The zero-order chi connectivity index (χ0) is 34.8. The number of hydrogen-bond donors (Lipinski definition) is 2. The number of carbonyl (C=O) groups excluding carboxylic acids is 1. The van der Waals surface area contributed by atoms with Crippen molar-refractivity contribution in [1.29, 1.82) is 0 Å². The van der Waals surface area contributed by atoms with E-state index in [1.165, 1.54) is 30.3 Å². The number of fused-ring (bicyclic) bond motifs is 1. The highest BCUT2D eigenvalue weighted by atomic mass is 35.5. The molecular weight excluding hydrogens is 654 g/mol. The molecule has 10 nitrogen and oxygen atoms in total. The van der Waals surface area contributed by atoms with Crippen molar-refractivity contribution in [3.63, 3.8) is 0 Å². The molecule has 4 atom stereocenters. The molecule has 1 aliphatic rings. The van der Waals surface area contributed by atoms with Crippen LogP contribution in [0.25, 0.3) is 0 Å². The summed E-state index contributed by atoms with van der Waals surface area (Å²) in [6.07, 6.45) is 2.08. The average molecular weight is 702 g/mol. The van der Waals surface area contributed by atoms with Gasteiger partial charge in [0.15, 0.2) is 0 Å². The van der Waals surface area contributed by atoms with Gasteiger partial charge in [-0.2, -0.15) is 0 Å². The van der Waals surface area contributed by atoms with Gasteiger partial charge < -0.3 is 24.2 Å². The minimum atomic E-state index is -3.96. The number of halogens is 1. The Bertz CT molecular complexity index is 1590. The third-order valence-corrected chi connectivity index (χ3v) is 10.2. The first kappa shape index (κ1) is 37.5. The number of anilines is 1. The first-order chi connectivity index (χ1) is 22.9. The summed E-state index contributed by atoms with van der Waals surface area (Å²) < 4.78 is 47.0. The molecule has 0 radical (unpaired) electrons. The van der Waals surface area contributed by atoms with Gasteiger partial charge in [0.25, 0.3) is 15.9 Å². The molecule has 4 rings (SSSR count). The molecule has 0 saturated carbocycles. The molecular formula is C36H48ClN3O7S. The molecule has 0 aromatic heterocycles. The molecule has 0 saturated heterocycles. The van der Waals surface area contributed by atoms with E-state index in [1.54, 1.807) is 31.1 Å². The highest BCUT2D eigenvalue weighted by Crippen LogP contribution is 2.30. The summed E-state index contributed by atoms with van der Waals surface area (Å²) in [5.41, 5.74) is 1.56. The van der Waals surface area contributed by atoms with Crippen molar-refractivity contribution in [3.05, 3.63) is 82.9 Å². The zero-order valence-corrected chi connectivity index (χ0v) is 30.0. The Morgan fingerprint density at radius 2 is 1.79 bits per heavy atom. The maximum absolute atomic E-state index is 14.4. The van der Waals surface area contributed by atoms with E-state index in [2.05, 4.69) is 16.5 Å². The van der Waals surface area contributed by atoms with Crippen molar-refractivity contribution in [2.24, 2.45) is 5.92 Å². The number of nitrogens with zero attached hydrogens (tertiary/aromatic N) is 2. The van der Waals surface area contributed by atoms with Gasteiger partial charge in [-0.25, -0.2) is 8.42 Å². The van der Waals surface area contributed by atoms with Crippen LogP contribution in [0.4, 0.5) is 5.69 Å². The number of rotatable bonds is 10. The van der Waals surface area contributed by atoms with Crippen LogP contribution in [0.15, 0.2) is 71.6 Å². The van der Waals surface area contributed by atoms with E-state index >= 15 is 0 Å². The van der Waals surface area contributed by atoms with Crippen molar-refractivity contribution >= 4 is 33.2 Å². The molecule has 2 N–H and O–H groups in total. The Kier molecular flexibility index (Phi) is 13.5. The van der Waals surface area contributed by atoms with Crippen LogP contribution in [-0.2, 0) is 21.3 Å². The number of benzene rings is 3. The topological polar surface area (TPSA) is 118 Å². The number of methoxy groups -OCH3 is 1. The van der Waals surface area contributed by atoms with Gasteiger partial charge in [-0.3, -0.25) is 14.4 Å². The van der Waals surface area contributed by atoms with Crippen molar-refractivity contribution in [2.45, 2.75) is 69.7 Å². The number of likely N-dealkylation sites (N-methyl/N-ethyl adjacent to an activating group) is 1. The summed E-state index contributed by atoms with van der Waals surface area (Å²) in [5.74, 6) is 0.688. The van der Waals surface area contributed by atoms with Gasteiger partial charge in [0.2, 0.25) is 0 Å². The fourth-order valence-electron chi connectivity index (χ4n) is 5.69. The molecule has 262 valence electrons. The summed E-state index contributed by atoms with van der Waals surface area (Å²) in [4.78, 5) is 18.3. The molecule has 0 unspecified atom stereocenters. The molecule has 1 aliphatic heterocycles. The second-order valence-corrected chi connectivity index (χ2v) is 14.7. The summed E-state index contributed by atoms with van der Waals surface area (Å²) >= 11 is 5.96. The Morgan fingerprint density at radius 3 is 2.46 bits per heavy atom. The molecule has 3 aromatic rings. The molecule has 3 aromatic carbocycles. The minimum absolute atomic E-state index is 0.0375. The fourth-order valence-corrected chi connectivity index (χ4v) is 6.87. The Morgan fingerprint density at radius 1 is 1.08 bits per heavy atom. The van der Waals surface area contributed by atoms with E-state index in [0.29, 0.717) is 37.0 Å². The summed E-state index contributed by atoms with van der Waals surface area (Å²) in [6, 6.07) is 18.0. The van der Waals surface area contributed by atoms with Gasteiger partial charge in [0, 0.05) is 42.9 Å². The molecule has 48 heavy (non-hydrogen) atoms. The predicted molar refractivity (Wildman–Crippen MR) is 188 cm³/mol. The first-order valence-electron chi connectivity index (χ1n) is 16.3. The molecule has 1 heterocycles. The van der Waals surface area contributed by atoms with E-state index < -0.39 is 16.1 Å². The first-order valence-corrected chi connectivity index (χ1v) is 18.2. The summed E-state index contributed by atoms with van der Waals surface area (Å²) in [6.45, 7) is 7.77. The standard InChI is InChI=1S/C36H48ClN3O7S/c1-25-21-40(26(2)24-41)36(42)33-20-30(38-48(43,44)32-16-11-29(37)12-17-32)13-18-34(33)47-27(3)8-6-7-19-46-35(25)23-39(4)22-28-9-14-31(45-5)15-10-28/h9-18,20,25-27,35,38,41H,6-8,19,21-24H2,1-5H3/t25-,26-,27+,35-/m1/s1. The van der Waals surface area contributed by atoms with Crippen LogP contribution < -0.4 is 14.2 Å². The van der Waals surface area contributed by atoms with Crippen LogP contribution in [0.3, 0.4) is 0 Å². The average Bonchev–Trinajstić information content (AvgIpc) is 3.06. The Hall–Kier alpha value is -3.35. The van der Waals surface area contributed by atoms with Gasteiger partial charge >= 0.3 is 0 Å². The third kappa shape index (κ3) is 10.3. The van der Waals surface area contributed by atoms with Gasteiger partial charge in [0.1, 0.15) is 11.5 Å². The van der Waals surface area contributed by atoms with Crippen molar-refractivity contribution in [2.75, 3.05) is 45.2 Å². The Balaban J connectivity index is 1.62. The van der Waals surface area contributed by atoms with E-state index in [4.69, 9.17) is 25.8 Å². The maximum Gasteiger partial charge on any atom is 0.261 e. The normalized spacial score (nSPS) is 20.4. The number of aliphatic hydroxyl groups is 1. The van der Waals surface area contributed by atoms with Crippen LogP contribution in [-0.4, -0.2) is 87.9 Å². The third-order valence-electron chi connectivity index (χ3n) is 8.53. The summed E-state index contributed by atoms with van der Waals surface area (Å²) in [7, 11) is -0.268. The lowest BCUT2D eigenvalue weighted by atomic mass is 10.0. The van der Waals surface area contributed by atoms with Crippen LogP contribution in [0.5, 0.6) is 11.5 Å². The largest absolute Gasteiger partial charge is 0.497 e. The van der Waals surface area contributed by atoms with Crippen LogP contribution in [0, 0.1) is 5.92 Å². The number of amides is 1. The lowest BCUT2D eigenvalue weighted by Gasteiger charge is -2.36. The maximum atomic E-state index is 14.4. The zero-order valence-electron chi connectivity index (χ0n) is 28.4. The van der Waals surface area contributed by atoms with Crippen LogP contribution in [0.2, 0.25) is 5.02 Å². The quantitative estimate of drug-likeness (QED) is 0.262. The lowest BCUT2D eigenvalue weighted by Crippen LogP contribution is -2.47. The number of hydrogen-bond acceptors (Lipinski definition) is 8. The van der Waals surface area contributed by atoms with Gasteiger partial charge in [0.05, 0.1) is 42.4 Å². The molecule has 0 fully saturated rings. The van der Waals surface area contributed by atoms with Gasteiger partial charge in [-0.1, -0.05) is 30.7 Å². The Labute approximate surface area is 290 Å². The number of carbonyl (C=O) groups is 1.